The first-order chi connectivity index (χ1) is 17.7. The van der Waals surface area contributed by atoms with Crippen LogP contribution < -0.4 is 9.62 Å². The van der Waals surface area contributed by atoms with Crippen LogP contribution in [0.5, 0.6) is 0 Å². The number of anilines is 1. The molecular formula is C31H38N2O3S. The van der Waals surface area contributed by atoms with Gasteiger partial charge in [-0.2, -0.15) is 0 Å². The molecule has 196 valence electrons. The van der Waals surface area contributed by atoms with Crippen LogP contribution in [-0.4, -0.2) is 20.9 Å². The van der Waals surface area contributed by atoms with Crippen molar-refractivity contribution in [3.8, 4) is 0 Å². The molecule has 0 radical (unpaired) electrons. The zero-order valence-corrected chi connectivity index (χ0v) is 23.1. The van der Waals surface area contributed by atoms with Crippen molar-refractivity contribution in [3.63, 3.8) is 0 Å². The van der Waals surface area contributed by atoms with Crippen LogP contribution in [0.25, 0.3) is 0 Å². The average molecular weight is 519 g/mol. The van der Waals surface area contributed by atoms with Gasteiger partial charge in [-0.25, -0.2) is 8.42 Å². The maximum absolute atomic E-state index is 13.7. The third kappa shape index (κ3) is 6.24. The molecule has 1 atom stereocenters. The summed E-state index contributed by atoms with van der Waals surface area (Å²) >= 11 is 0. The molecule has 1 aliphatic carbocycles. The highest BCUT2D eigenvalue weighted by molar-refractivity contribution is 7.92. The number of benzene rings is 3. The summed E-state index contributed by atoms with van der Waals surface area (Å²) < 4.78 is 28.7. The fourth-order valence-corrected chi connectivity index (χ4v) is 6.36. The van der Waals surface area contributed by atoms with E-state index in [0.29, 0.717) is 11.6 Å². The van der Waals surface area contributed by atoms with Crippen LogP contribution in [0.1, 0.15) is 79.8 Å². The first kappa shape index (κ1) is 26.9. The average Bonchev–Trinajstić information content (AvgIpc) is 2.90. The number of carbonyl (C=O) groups excluding carboxylic acids is 1. The number of nitrogens with zero attached hydrogens (tertiary/aromatic N) is 1. The second-order valence-electron chi connectivity index (χ2n) is 10.3. The van der Waals surface area contributed by atoms with Crippen molar-refractivity contribution in [2.24, 2.45) is 0 Å². The van der Waals surface area contributed by atoms with Crippen molar-refractivity contribution in [3.05, 3.63) is 94.5 Å². The lowest BCUT2D eigenvalue weighted by Gasteiger charge is -2.26. The summed E-state index contributed by atoms with van der Waals surface area (Å²) in [5, 5.41) is 3.11. The lowest BCUT2D eigenvalue weighted by Crippen LogP contribution is -2.42. The Hall–Kier alpha value is -3.12. The van der Waals surface area contributed by atoms with Gasteiger partial charge >= 0.3 is 0 Å². The van der Waals surface area contributed by atoms with Gasteiger partial charge < -0.3 is 5.32 Å². The molecule has 0 aromatic heterocycles. The van der Waals surface area contributed by atoms with Gasteiger partial charge in [0.25, 0.3) is 10.0 Å². The van der Waals surface area contributed by atoms with Gasteiger partial charge in [0, 0.05) is 0 Å². The molecule has 0 spiro atoms. The van der Waals surface area contributed by atoms with E-state index in [2.05, 4.69) is 37.4 Å². The Morgan fingerprint density at radius 2 is 1.51 bits per heavy atom. The molecule has 3 aromatic carbocycles. The third-order valence-corrected chi connectivity index (χ3v) is 9.05. The second-order valence-corrected chi connectivity index (χ2v) is 12.2. The monoisotopic (exact) mass is 518 g/mol. The molecular weight excluding hydrogens is 480 g/mol. The van der Waals surface area contributed by atoms with E-state index in [1.165, 1.54) is 28.3 Å². The molecule has 0 unspecified atom stereocenters. The van der Waals surface area contributed by atoms with E-state index in [1.807, 2.05) is 26.0 Å². The van der Waals surface area contributed by atoms with E-state index in [0.717, 1.165) is 36.0 Å². The number of amides is 1. The van der Waals surface area contributed by atoms with Crippen LogP contribution in [0.3, 0.4) is 0 Å². The molecule has 4 rings (SSSR count). The minimum absolute atomic E-state index is 0.167. The smallest absolute Gasteiger partial charge is 0.264 e. The van der Waals surface area contributed by atoms with Gasteiger partial charge in [-0.1, -0.05) is 68.8 Å². The highest BCUT2D eigenvalue weighted by Gasteiger charge is 2.28. The summed E-state index contributed by atoms with van der Waals surface area (Å²) in [6.07, 6.45) is 5.33. The van der Waals surface area contributed by atoms with E-state index >= 15 is 0 Å². The number of aryl methyl sites for hydroxylation is 3. The SMILES string of the molecule is CC[C@@H](NC(=O)CN(c1ccc(C(C)C)cc1)S(=O)(=O)c1ccc(C)cc1)c1ccc2c(c1)CCCC2. The topological polar surface area (TPSA) is 66.5 Å². The van der Waals surface area contributed by atoms with Crippen LogP contribution in [-0.2, 0) is 27.7 Å². The maximum Gasteiger partial charge on any atom is 0.264 e. The first-order valence-corrected chi connectivity index (χ1v) is 14.7. The van der Waals surface area contributed by atoms with Crippen LogP contribution in [0, 0.1) is 6.92 Å². The van der Waals surface area contributed by atoms with Gasteiger partial charge in [0.15, 0.2) is 0 Å². The van der Waals surface area contributed by atoms with Crippen LogP contribution in [0.15, 0.2) is 71.6 Å². The molecule has 37 heavy (non-hydrogen) atoms. The fraction of sp³-hybridized carbons (Fsp3) is 0.387. The number of rotatable bonds is 9. The molecule has 1 amide bonds. The largest absolute Gasteiger partial charge is 0.348 e. The van der Waals surface area contributed by atoms with E-state index in [9.17, 15) is 13.2 Å². The fourth-order valence-electron chi connectivity index (χ4n) is 4.94. The summed E-state index contributed by atoms with van der Waals surface area (Å²) in [7, 11) is -3.95. The molecule has 6 heteroatoms. The minimum Gasteiger partial charge on any atom is -0.348 e. The predicted octanol–water partition coefficient (Wildman–Crippen LogP) is 6.46. The van der Waals surface area contributed by atoms with Crippen molar-refractivity contribution in [2.45, 2.75) is 76.7 Å². The van der Waals surface area contributed by atoms with Crippen molar-refractivity contribution in [1.82, 2.24) is 5.32 Å². The van der Waals surface area contributed by atoms with Crippen molar-refractivity contribution in [1.29, 1.82) is 0 Å². The lowest BCUT2D eigenvalue weighted by molar-refractivity contribution is -0.120. The molecule has 0 heterocycles. The number of hydrogen-bond acceptors (Lipinski definition) is 3. The molecule has 0 bridgehead atoms. The van der Waals surface area contributed by atoms with E-state index < -0.39 is 10.0 Å². The molecule has 0 saturated carbocycles. The Bertz CT molecular complexity index is 1330. The number of nitrogens with one attached hydrogen (secondary N) is 1. The van der Waals surface area contributed by atoms with Crippen molar-refractivity contribution < 1.29 is 13.2 Å². The minimum atomic E-state index is -3.95. The standard InChI is InChI=1S/C31H38N2O3S/c1-5-30(27-13-12-25-8-6-7-9-26(25)20-27)32-31(34)21-33(28-16-14-24(15-17-28)22(2)3)37(35,36)29-18-10-23(4)11-19-29/h10-20,22,30H,5-9,21H2,1-4H3,(H,32,34)/t30-/m1/s1. The van der Waals surface area contributed by atoms with E-state index in [1.54, 1.807) is 36.4 Å². The number of carbonyl (C=O) groups is 1. The molecule has 0 fully saturated rings. The Morgan fingerprint density at radius 1 is 0.892 bits per heavy atom. The van der Waals surface area contributed by atoms with Gasteiger partial charge in [0.1, 0.15) is 6.54 Å². The van der Waals surface area contributed by atoms with Gasteiger partial charge in [0.2, 0.25) is 5.91 Å². The molecule has 0 saturated heterocycles. The highest BCUT2D eigenvalue weighted by Crippen LogP contribution is 2.28. The molecule has 0 aliphatic heterocycles. The number of fused-ring (bicyclic) bond motifs is 1. The number of hydrogen-bond donors (Lipinski definition) is 1. The highest BCUT2D eigenvalue weighted by atomic mass is 32.2. The molecule has 3 aromatic rings. The lowest BCUT2D eigenvalue weighted by atomic mass is 9.89. The zero-order chi connectivity index (χ0) is 26.6. The van der Waals surface area contributed by atoms with Crippen LogP contribution in [0.2, 0.25) is 0 Å². The summed E-state index contributed by atoms with van der Waals surface area (Å²) in [5.74, 6) is -0.00497. The van der Waals surface area contributed by atoms with Gasteiger partial charge in [-0.15, -0.1) is 0 Å². The predicted molar refractivity (Wildman–Crippen MR) is 151 cm³/mol. The van der Waals surface area contributed by atoms with Crippen molar-refractivity contribution in [2.75, 3.05) is 10.8 Å². The second kappa shape index (κ2) is 11.5. The van der Waals surface area contributed by atoms with Crippen molar-refractivity contribution >= 4 is 21.6 Å². The molecule has 1 aliphatic rings. The Morgan fingerprint density at radius 3 is 2.14 bits per heavy atom. The van der Waals surface area contributed by atoms with Gasteiger partial charge in [-0.3, -0.25) is 9.10 Å². The quantitative estimate of drug-likeness (QED) is 0.353. The third-order valence-electron chi connectivity index (χ3n) is 7.26. The molecule has 1 N–H and O–H groups in total. The normalized spacial score (nSPS) is 14.2. The van der Waals surface area contributed by atoms with E-state index in [4.69, 9.17) is 0 Å². The summed E-state index contributed by atoms with van der Waals surface area (Å²) in [6, 6.07) is 20.5. The van der Waals surface area contributed by atoms with Gasteiger partial charge in [-0.05, 0) is 91.5 Å². The number of sulfonamides is 1. The van der Waals surface area contributed by atoms with Gasteiger partial charge in [0.05, 0.1) is 16.6 Å². The molecule has 5 nitrogen and oxygen atoms in total. The van der Waals surface area contributed by atoms with Crippen LogP contribution >= 0.6 is 0 Å². The maximum atomic E-state index is 13.7. The Kier molecular flexibility index (Phi) is 8.38. The summed E-state index contributed by atoms with van der Waals surface area (Å²) in [5.41, 5.74) is 6.40. The van der Waals surface area contributed by atoms with Crippen LogP contribution in [0.4, 0.5) is 5.69 Å². The zero-order valence-electron chi connectivity index (χ0n) is 22.3. The summed E-state index contributed by atoms with van der Waals surface area (Å²) in [6.45, 7) is 7.84. The Labute approximate surface area is 222 Å². The Balaban J connectivity index is 1.60. The first-order valence-electron chi connectivity index (χ1n) is 13.3. The summed E-state index contributed by atoms with van der Waals surface area (Å²) in [4.78, 5) is 13.5. The van der Waals surface area contributed by atoms with E-state index in [-0.39, 0.29) is 23.4 Å².